The largest absolute Gasteiger partial charge is 0.381 e. The smallest absolute Gasteiger partial charge is 0.241 e. The zero-order valence-corrected chi connectivity index (χ0v) is 11.8. The van der Waals surface area contributed by atoms with Gasteiger partial charge >= 0.3 is 0 Å². The molecular formula is C13H19N7O. The molecule has 8 heteroatoms. The lowest BCUT2D eigenvalue weighted by Gasteiger charge is -2.07. The summed E-state index contributed by atoms with van der Waals surface area (Å²) in [5.41, 5.74) is 5.70. The SMILES string of the molecule is Nc1nc(NCCCOCC2CC2)nc(-n2ccnc2)n1. The lowest BCUT2D eigenvalue weighted by Crippen LogP contribution is -2.12. The van der Waals surface area contributed by atoms with E-state index in [0.717, 1.165) is 32.1 Å². The van der Waals surface area contributed by atoms with Crippen molar-refractivity contribution in [1.29, 1.82) is 0 Å². The van der Waals surface area contributed by atoms with Crippen molar-refractivity contribution in [3.05, 3.63) is 18.7 Å². The summed E-state index contributed by atoms with van der Waals surface area (Å²) in [6.07, 6.45) is 8.57. The Morgan fingerprint density at radius 3 is 3.00 bits per heavy atom. The summed E-state index contributed by atoms with van der Waals surface area (Å²) >= 11 is 0. The van der Waals surface area contributed by atoms with Crippen molar-refractivity contribution < 1.29 is 4.74 Å². The van der Waals surface area contributed by atoms with Crippen molar-refractivity contribution in [2.24, 2.45) is 5.92 Å². The van der Waals surface area contributed by atoms with Crippen LogP contribution in [0.2, 0.25) is 0 Å². The maximum atomic E-state index is 5.70. The van der Waals surface area contributed by atoms with Gasteiger partial charge in [-0.05, 0) is 25.2 Å². The fraction of sp³-hybridized carbons (Fsp3) is 0.538. The van der Waals surface area contributed by atoms with Crippen molar-refractivity contribution in [2.45, 2.75) is 19.3 Å². The molecule has 0 saturated heterocycles. The highest BCUT2D eigenvalue weighted by atomic mass is 16.5. The van der Waals surface area contributed by atoms with Crippen molar-refractivity contribution in [1.82, 2.24) is 24.5 Å². The molecule has 8 nitrogen and oxygen atoms in total. The molecule has 0 amide bonds. The fourth-order valence-electron chi connectivity index (χ4n) is 1.86. The van der Waals surface area contributed by atoms with Crippen LogP contribution in [0, 0.1) is 5.92 Å². The molecular weight excluding hydrogens is 270 g/mol. The van der Waals surface area contributed by atoms with Gasteiger partial charge in [0.05, 0.1) is 0 Å². The Morgan fingerprint density at radius 1 is 1.33 bits per heavy atom. The summed E-state index contributed by atoms with van der Waals surface area (Å²) in [5, 5.41) is 3.14. The number of nitrogens with one attached hydrogen (secondary N) is 1. The molecule has 3 rings (SSSR count). The van der Waals surface area contributed by atoms with Crippen LogP contribution in [0.1, 0.15) is 19.3 Å². The van der Waals surface area contributed by atoms with Crippen LogP contribution in [0.15, 0.2) is 18.7 Å². The third-order valence-corrected chi connectivity index (χ3v) is 3.18. The third-order valence-electron chi connectivity index (χ3n) is 3.18. The molecule has 1 saturated carbocycles. The maximum Gasteiger partial charge on any atom is 0.241 e. The number of hydrogen-bond donors (Lipinski definition) is 2. The van der Waals surface area contributed by atoms with Gasteiger partial charge < -0.3 is 15.8 Å². The van der Waals surface area contributed by atoms with Crippen molar-refractivity contribution in [2.75, 3.05) is 30.8 Å². The second-order valence-corrected chi connectivity index (χ2v) is 5.09. The molecule has 0 spiro atoms. The number of imidazole rings is 1. The van der Waals surface area contributed by atoms with E-state index in [2.05, 4.69) is 25.3 Å². The van der Waals surface area contributed by atoms with Gasteiger partial charge in [0, 0.05) is 32.2 Å². The summed E-state index contributed by atoms with van der Waals surface area (Å²) in [6, 6.07) is 0. The first-order valence-electron chi connectivity index (χ1n) is 7.13. The van der Waals surface area contributed by atoms with Gasteiger partial charge in [0.25, 0.3) is 0 Å². The van der Waals surface area contributed by atoms with E-state index < -0.39 is 0 Å². The van der Waals surface area contributed by atoms with E-state index >= 15 is 0 Å². The van der Waals surface area contributed by atoms with Crippen LogP contribution >= 0.6 is 0 Å². The van der Waals surface area contributed by atoms with E-state index in [1.54, 1.807) is 23.3 Å². The molecule has 0 aliphatic heterocycles. The van der Waals surface area contributed by atoms with Gasteiger partial charge in [-0.1, -0.05) is 0 Å². The minimum absolute atomic E-state index is 0.182. The minimum Gasteiger partial charge on any atom is -0.381 e. The molecule has 21 heavy (non-hydrogen) atoms. The number of rotatable bonds is 8. The molecule has 0 atom stereocenters. The number of ether oxygens (including phenoxy) is 1. The second-order valence-electron chi connectivity index (χ2n) is 5.09. The molecule has 0 bridgehead atoms. The number of hydrogen-bond acceptors (Lipinski definition) is 7. The van der Waals surface area contributed by atoms with E-state index in [9.17, 15) is 0 Å². The van der Waals surface area contributed by atoms with E-state index in [-0.39, 0.29) is 5.95 Å². The fourth-order valence-corrected chi connectivity index (χ4v) is 1.86. The summed E-state index contributed by atoms with van der Waals surface area (Å²) in [4.78, 5) is 16.4. The van der Waals surface area contributed by atoms with Gasteiger partial charge in [-0.3, -0.25) is 4.57 Å². The quantitative estimate of drug-likeness (QED) is 0.695. The predicted molar refractivity (Wildman–Crippen MR) is 78.0 cm³/mol. The molecule has 2 aromatic heterocycles. The average molecular weight is 289 g/mol. The van der Waals surface area contributed by atoms with Gasteiger partial charge in [-0.15, -0.1) is 0 Å². The van der Waals surface area contributed by atoms with Crippen LogP contribution in [0.4, 0.5) is 11.9 Å². The van der Waals surface area contributed by atoms with Crippen LogP contribution in [0.25, 0.3) is 5.95 Å². The second kappa shape index (κ2) is 6.49. The van der Waals surface area contributed by atoms with Gasteiger partial charge in [0.1, 0.15) is 6.33 Å². The molecule has 0 unspecified atom stereocenters. The van der Waals surface area contributed by atoms with Gasteiger partial charge in [-0.2, -0.15) is 15.0 Å². The highest BCUT2D eigenvalue weighted by Gasteiger charge is 2.20. The molecule has 1 fully saturated rings. The van der Waals surface area contributed by atoms with Crippen LogP contribution in [0.3, 0.4) is 0 Å². The van der Waals surface area contributed by atoms with E-state index in [4.69, 9.17) is 10.5 Å². The first-order chi connectivity index (χ1) is 10.3. The summed E-state index contributed by atoms with van der Waals surface area (Å²) in [5.74, 6) is 1.90. The number of nitrogens with two attached hydrogens (primary N) is 1. The lowest BCUT2D eigenvalue weighted by atomic mass is 10.4. The Morgan fingerprint density at radius 2 is 2.24 bits per heavy atom. The average Bonchev–Trinajstić information content (AvgIpc) is 3.13. The monoisotopic (exact) mass is 289 g/mol. The molecule has 0 radical (unpaired) electrons. The van der Waals surface area contributed by atoms with Crippen molar-refractivity contribution in [3.63, 3.8) is 0 Å². The van der Waals surface area contributed by atoms with Crippen molar-refractivity contribution in [3.8, 4) is 5.95 Å². The van der Waals surface area contributed by atoms with Crippen LogP contribution in [0.5, 0.6) is 0 Å². The molecule has 3 N–H and O–H groups in total. The van der Waals surface area contributed by atoms with Crippen LogP contribution in [-0.4, -0.2) is 44.3 Å². The standard InChI is InChI=1S/C13H19N7O/c14-11-17-12(16-4-1-7-21-8-10-2-3-10)19-13(18-11)20-6-5-15-9-20/h5-6,9-10H,1-4,7-8H2,(H3,14,16,17,18,19). The van der Waals surface area contributed by atoms with Crippen molar-refractivity contribution >= 4 is 11.9 Å². The van der Waals surface area contributed by atoms with Gasteiger partial charge in [0.2, 0.25) is 17.8 Å². The Hall–Kier alpha value is -2.22. The third kappa shape index (κ3) is 4.12. The van der Waals surface area contributed by atoms with Crippen LogP contribution < -0.4 is 11.1 Å². The molecule has 112 valence electrons. The summed E-state index contributed by atoms with van der Waals surface area (Å²) in [7, 11) is 0. The highest BCUT2D eigenvalue weighted by molar-refractivity contribution is 5.34. The Balaban J connectivity index is 1.48. The zero-order chi connectivity index (χ0) is 14.5. The molecule has 2 aromatic rings. The van der Waals surface area contributed by atoms with E-state index in [1.165, 1.54) is 12.8 Å². The molecule has 0 aromatic carbocycles. The van der Waals surface area contributed by atoms with E-state index in [0.29, 0.717) is 11.9 Å². The number of anilines is 2. The highest BCUT2D eigenvalue weighted by Crippen LogP contribution is 2.28. The maximum absolute atomic E-state index is 5.70. The summed E-state index contributed by atoms with van der Waals surface area (Å²) < 4.78 is 7.25. The topological polar surface area (TPSA) is 104 Å². The normalized spacial score (nSPS) is 14.3. The molecule has 1 aliphatic carbocycles. The Labute approximate surface area is 122 Å². The number of aromatic nitrogens is 5. The first-order valence-corrected chi connectivity index (χ1v) is 7.13. The zero-order valence-electron chi connectivity index (χ0n) is 11.8. The summed E-state index contributed by atoms with van der Waals surface area (Å²) in [6.45, 7) is 2.37. The number of nitrogen functional groups attached to an aromatic ring is 1. The first kappa shape index (κ1) is 13.7. The predicted octanol–water partition coefficient (Wildman–Crippen LogP) is 0.868. The lowest BCUT2D eigenvalue weighted by molar-refractivity contribution is 0.124. The van der Waals surface area contributed by atoms with E-state index in [1.807, 2.05) is 0 Å². The van der Waals surface area contributed by atoms with Gasteiger partial charge in [-0.25, -0.2) is 4.98 Å². The minimum atomic E-state index is 0.182. The van der Waals surface area contributed by atoms with Crippen LogP contribution in [-0.2, 0) is 4.74 Å². The molecule has 1 aliphatic rings. The Bertz CT molecular complexity index is 568. The van der Waals surface area contributed by atoms with Gasteiger partial charge in [0.15, 0.2) is 0 Å². The molecule has 2 heterocycles. The number of nitrogens with zero attached hydrogens (tertiary/aromatic N) is 5. The Kier molecular flexibility index (Phi) is 4.25.